The molecule has 1 atom stereocenters. The zero-order chi connectivity index (χ0) is 25.2. The normalized spacial score (nSPS) is 18.5. The fourth-order valence-electron chi connectivity index (χ4n) is 5.38. The summed E-state index contributed by atoms with van der Waals surface area (Å²) in [6.07, 6.45) is 2.71. The molecule has 2 aromatic heterocycles. The molecule has 4 heterocycles. The van der Waals surface area contributed by atoms with Crippen molar-refractivity contribution in [3.63, 3.8) is 0 Å². The van der Waals surface area contributed by atoms with Crippen LogP contribution in [0, 0.1) is 0 Å². The summed E-state index contributed by atoms with van der Waals surface area (Å²) >= 11 is 0. The molecular formula is C27H31N3O6. The molecule has 36 heavy (non-hydrogen) atoms. The van der Waals surface area contributed by atoms with E-state index in [4.69, 9.17) is 13.9 Å². The first-order chi connectivity index (χ1) is 17.5. The van der Waals surface area contributed by atoms with E-state index in [1.165, 1.54) is 20.3 Å². The Labute approximate surface area is 209 Å². The zero-order valence-corrected chi connectivity index (χ0v) is 20.7. The lowest BCUT2D eigenvalue weighted by Gasteiger charge is -2.34. The maximum Gasteiger partial charge on any atom is 0.328 e. The first-order valence-electron chi connectivity index (χ1n) is 12.4. The number of furan rings is 1. The van der Waals surface area contributed by atoms with Gasteiger partial charge in [-0.2, -0.15) is 0 Å². The van der Waals surface area contributed by atoms with Crippen LogP contribution in [0.5, 0.6) is 5.75 Å². The minimum absolute atomic E-state index is 0.202. The maximum atomic E-state index is 13.9. The maximum absolute atomic E-state index is 13.9. The number of piperidine rings is 1. The Balaban J connectivity index is 1.44. The van der Waals surface area contributed by atoms with Crippen molar-refractivity contribution >= 4 is 22.8 Å². The average Bonchev–Trinajstić information content (AvgIpc) is 3.20. The van der Waals surface area contributed by atoms with Gasteiger partial charge in [0.2, 0.25) is 0 Å². The number of fused-ring (bicyclic) bond motifs is 2. The number of carbonyl (C=O) groups excluding carboxylic acids is 2. The van der Waals surface area contributed by atoms with Crippen molar-refractivity contribution in [2.45, 2.75) is 44.8 Å². The molecule has 2 aliphatic rings. The van der Waals surface area contributed by atoms with Crippen molar-refractivity contribution in [3.05, 3.63) is 63.8 Å². The van der Waals surface area contributed by atoms with Gasteiger partial charge in [-0.25, -0.2) is 4.79 Å². The Hall–Kier alpha value is -3.59. The topological polar surface area (TPSA) is 94.2 Å². The SMILES string of the molecule is COC(=O)[C@@H]1CCCCN1C(=O)c1c(OC)cc(=O)n2c1CCN(Cc1cc3ccccc3o1)CC2. The van der Waals surface area contributed by atoms with Crippen LogP contribution in [0.15, 0.2) is 45.6 Å². The van der Waals surface area contributed by atoms with Crippen LogP contribution < -0.4 is 10.3 Å². The number of pyridine rings is 1. The summed E-state index contributed by atoms with van der Waals surface area (Å²) < 4.78 is 18.2. The van der Waals surface area contributed by atoms with E-state index in [-0.39, 0.29) is 17.2 Å². The number of carbonyl (C=O) groups is 2. The Morgan fingerprint density at radius 1 is 1.06 bits per heavy atom. The molecule has 0 bridgehead atoms. The van der Waals surface area contributed by atoms with E-state index in [0.29, 0.717) is 56.8 Å². The van der Waals surface area contributed by atoms with Gasteiger partial charge >= 0.3 is 5.97 Å². The number of benzene rings is 1. The van der Waals surface area contributed by atoms with Crippen molar-refractivity contribution < 1.29 is 23.5 Å². The molecule has 0 unspecified atom stereocenters. The van der Waals surface area contributed by atoms with E-state index in [9.17, 15) is 14.4 Å². The van der Waals surface area contributed by atoms with E-state index in [1.807, 2.05) is 30.3 Å². The Kier molecular flexibility index (Phi) is 6.82. The number of amides is 1. The van der Waals surface area contributed by atoms with Gasteiger partial charge in [-0.05, 0) is 31.4 Å². The van der Waals surface area contributed by atoms with Crippen molar-refractivity contribution in [1.82, 2.24) is 14.4 Å². The summed E-state index contributed by atoms with van der Waals surface area (Å²) in [6, 6.07) is 10.7. The molecule has 0 spiro atoms. The molecule has 1 aromatic carbocycles. The molecule has 0 N–H and O–H groups in total. The predicted molar refractivity (Wildman–Crippen MR) is 133 cm³/mol. The Morgan fingerprint density at radius 2 is 1.89 bits per heavy atom. The van der Waals surface area contributed by atoms with Gasteiger partial charge in [0.1, 0.15) is 28.7 Å². The monoisotopic (exact) mass is 493 g/mol. The fraction of sp³-hybridized carbons (Fsp3) is 0.444. The van der Waals surface area contributed by atoms with E-state index in [1.54, 1.807) is 9.47 Å². The van der Waals surface area contributed by atoms with Crippen molar-refractivity contribution in [2.75, 3.05) is 33.9 Å². The molecule has 0 aliphatic carbocycles. The predicted octanol–water partition coefficient (Wildman–Crippen LogP) is 2.83. The van der Waals surface area contributed by atoms with Gasteiger partial charge in [-0.3, -0.25) is 14.5 Å². The third-order valence-electron chi connectivity index (χ3n) is 7.21. The molecule has 1 fully saturated rings. The number of likely N-dealkylation sites (tertiary alicyclic amines) is 1. The highest BCUT2D eigenvalue weighted by atomic mass is 16.5. The van der Waals surface area contributed by atoms with Crippen molar-refractivity contribution in [2.24, 2.45) is 0 Å². The quantitative estimate of drug-likeness (QED) is 0.505. The fourth-order valence-corrected chi connectivity index (χ4v) is 5.38. The van der Waals surface area contributed by atoms with Crippen molar-refractivity contribution in [3.8, 4) is 5.75 Å². The van der Waals surface area contributed by atoms with Gasteiger partial charge in [-0.1, -0.05) is 18.2 Å². The molecule has 9 heteroatoms. The summed E-state index contributed by atoms with van der Waals surface area (Å²) in [5.41, 5.74) is 1.65. The van der Waals surface area contributed by atoms with Crippen LogP contribution in [0.4, 0.5) is 0 Å². The first kappa shape index (κ1) is 24.1. The van der Waals surface area contributed by atoms with E-state index < -0.39 is 12.0 Å². The molecule has 190 valence electrons. The summed E-state index contributed by atoms with van der Waals surface area (Å²) in [5.74, 6) is 0.392. The third kappa shape index (κ3) is 4.51. The van der Waals surface area contributed by atoms with Crippen molar-refractivity contribution in [1.29, 1.82) is 0 Å². The van der Waals surface area contributed by atoms with Gasteiger partial charge < -0.3 is 23.4 Å². The van der Waals surface area contributed by atoms with Crippen LogP contribution in [-0.2, 0) is 29.0 Å². The van der Waals surface area contributed by atoms with Crippen LogP contribution in [0.2, 0.25) is 0 Å². The second kappa shape index (κ2) is 10.2. The molecule has 1 amide bonds. The third-order valence-corrected chi connectivity index (χ3v) is 7.21. The number of esters is 1. The van der Waals surface area contributed by atoms with Gasteiger partial charge in [-0.15, -0.1) is 0 Å². The molecular weight excluding hydrogens is 462 g/mol. The van der Waals surface area contributed by atoms with Crippen LogP contribution in [0.3, 0.4) is 0 Å². The number of nitrogens with zero attached hydrogens (tertiary/aromatic N) is 3. The highest BCUT2D eigenvalue weighted by molar-refractivity contribution is 6.00. The highest BCUT2D eigenvalue weighted by Crippen LogP contribution is 2.29. The number of para-hydroxylation sites is 1. The summed E-state index contributed by atoms with van der Waals surface area (Å²) in [4.78, 5) is 43.1. The molecule has 0 saturated carbocycles. The Morgan fingerprint density at radius 3 is 2.67 bits per heavy atom. The highest BCUT2D eigenvalue weighted by Gasteiger charge is 2.36. The number of rotatable bonds is 5. The van der Waals surface area contributed by atoms with Crippen LogP contribution in [0.25, 0.3) is 11.0 Å². The van der Waals surface area contributed by atoms with Crippen LogP contribution >= 0.6 is 0 Å². The van der Waals surface area contributed by atoms with Gasteiger partial charge in [0.25, 0.3) is 11.5 Å². The second-order valence-corrected chi connectivity index (χ2v) is 9.33. The molecule has 5 rings (SSSR count). The summed E-state index contributed by atoms with van der Waals surface area (Å²) in [6.45, 7) is 2.79. The minimum atomic E-state index is -0.635. The van der Waals surface area contributed by atoms with Crippen LogP contribution in [0.1, 0.15) is 41.1 Å². The lowest BCUT2D eigenvalue weighted by atomic mass is 9.99. The van der Waals surface area contributed by atoms with E-state index in [0.717, 1.165) is 29.6 Å². The molecule has 1 saturated heterocycles. The Bertz CT molecular complexity index is 1310. The first-order valence-corrected chi connectivity index (χ1v) is 12.4. The summed E-state index contributed by atoms with van der Waals surface area (Å²) in [5, 5.41) is 1.06. The number of hydrogen-bond acceptors (Lipinski definition) is 7. The molecule has 9 nitrogen and oxygen atoms in total. The van der Waals surface area contributed by atoms with Gasteiger partial charge in [0, 0.05) is 49.7 Å². The van der Waals surface area contributed by atoms with Crippen LogP contribution in [-0.4, -0.2) is 66.1 Å². The van der Waals surface area contributed by atoms with Gasteiger partial charge in [0.15, 0.2) is 0 Å². The smallest absolute Gasteiger partial charge is 0.328 e. The standard InChI is InChI=1S/C27H31N3O6/c1-34-23-16-24(31)29-14-13-28(17-19-15-18-7-3-4-9-22(18)36-19)12-10-20(29)25(23)26(32)30-11-6-5-8-21(30)27(33)35-2/h3-4,7,9,15-16,21H,5-6,8,10-14,17H2,1-2H3/t21-/m0/s1. The van der Waals surface area contributed by atoms with E-state index >= 15 is 0 Å². The average molecular weight is 494 g/mol. The van der Waals surface area contributed by atoms with E-state index in [2.05, 4.69) is 4.90 Å². The lowest BCUT2D eigenvalue weighted by molar-refractivity contribution is -0.147. The molecule has 0 radical (unpaired) electrons. The largest absolute Gasteiger partial charge is 0.496 e. The van der Waals surface area contributed by atoms with Gasteiger partial charge in [0.05, 0.1) is 20.8 Å². The molecule has 2 aliphatic heterocycles. The molecule has 3 aromatic rings. The number of ether oxygens (including phenoxy) is 2. The lowest BCUT2D eigenvalue weighted by Crippen LogP contribution is -2.49. The summed E-state index contributed by atoms with van der Waals surface area (Å²) in [7, 11) is 2.80. The second-order valence-electron chi connectivity index (χ2n) is 9.33. The number of aromatic nitrogens is 1. The number of methoxy groups -OCH3 is 2. The zero-order valence-electron chi connectivity index (χ0n) is 20.7. The number of hydrogen-bond donors (Lipinski definition) is 0. The minimum Gasteiger partial charge on any atom is -0.496 e.